The Bertz CT molecular complexity index is 2620. The van der Waals surface area contributed by atoms with Gasteiger partial charge in [-0.15, -0.1) is 0 Å². The van der Waals surface area contributed by atoms with Gasteiger partial charge in [0.25, 0.3) is 0 Å². The lowest BCUT2D eigenvalue weighted by Crippen LogP contribution is -2.22. The van der Waals surface area contributed by atoms with Gasteiger partial charge in [-0.1, -0.05) is 82.0 Å². The van der Waals surface area contributed by atoms with Crippen LogP contribution in [0.3, 0.4) is 0 Å². The number of hydrogen-bond acceptors (Lipinski definition) is 7. The van der Waals surface area contributed by atoms with Gasteiger partial charge in [0.1, 0.15) is 6.73 Å². The number of carbonyl (C=O) groups excluding carboxylic acids is 2. The molecule has 2 aromatic carbocycles. The normalized spacial score (nSPS) is 11.8. The van der Waals surface area contributed by atoms with E-state index in [4.69, 9.17) is 9.72 Å². The third-order valence-electron chi connectivity index (χ3n) is 9.87. The molecule has 0 bridgehead atoms. The second kappa shape index (κ2) is 15.0. The summed E-state index contributed by atoms with van der Waals surface area (Å²) in [5, 5.41) is 0. The van der Waals surface area contributed by atoms with Gasteiger partial charge in [-0.05, 0) is 43.9 Å². The van der Waals surface area contributed by atoms with Gasteiger partial charge in [-0.3, -0.25) is 23.0 Å². The number of aromatic nitrogens is 8. The lowest BCUT2D eigenvalue weighted by atomic mass is 10.0. The molecule has 0 unspecified atom stereocenters. The van der Waals surface area contributed by atoms with E-state index in [9.17, 15) is 9.59 Å². The number of ether oxygens (including phenoxy) is 1. The highest BCUT2D eigenvalue weighted by molar-refractivity contribution is 6.76. The van der Waals surface area contributed by atoms with Crippen LogP contribution in [0.5, 0.6) is 0 Å². The Labute approximate surface area is 315 Å². The SMILES string of the molecule is CCc1c(-c2ccc(C(C)=O)cc2)[nH]c2ncc3nccn3c12.CCc1c(-c2ccc(C(C)=O)cc2)n(COCC[Si](C)(C)C)c2ncc3nccn3c12. The Hall–Kier alpha value is -5.72. The molecule has 6 heterocycles. The summed E-state index contributed by atoms with van der Waals surface area (Å²) in [4.78, 5) is 44.6. The van der Waals surface area contributed by atoms with Crippen molar-refractivity contribution in [1.82, 2.24) is 38.3 Å². The Morgan fingerprint density at radius 1 is 0.722 bits per heavy atom. The van der Waals surface area contributed by atoms with Gasteiger partial charge in [0, 0.05) is 61.7 Å². The molecule has 6 aromatic heterocycles. The van der Waals surface area contributed by atoms with Gasteiger partial charge in [0.05, 0.1) is 34.8 Å². The lowest BCUT2D eigenvalue weighted by Gasteiger charge is -2.17. The number of nitrogens with one attached hydrogen (secondary N) is 1. The smallest absolute Gasteiger partial charge is 0.159 e. The molecule has 0 saturated carbocycles. The molecule has 1 N–H and O–H groups in total. The van der Waals surface area contributed by atoms with E-state index >= 15 is 0 Å². The molecule has 0 aliphatic heterocycles. The Morgan fingerprint density at radius 3 is 1.83 bits per heavy atom. The summed E-state index contributed by atoms with van der Waals surface area (Å²) in [5.41, 5.74) is 13.6. The molecule has 11 nitrogen and oxygen atoms in total. The van der Waals surface area contributed by atoms with Crippen LogP contribution in [0.15, 0.2) is 85.7 Å². The molecule has 0 saturated heterocycles. The van der Waals surface area contributed by atoms with Gasteiger partial charge in [-0.2, -0.15) is 0 Å². The van der Waals surface area contributed by atoms with Gasteiger partial charge in [0.15, 0.2) is 34.2 Å². The second-order valence-electron chi connectivity index (χ2n) is 14.8. The number of ketones is 2. The molecule has 8 aromatic rings. The number of aryl methyl sites for hydroxylation is 2. The van der Waals surface area contributed by atoms with Crippen LogP contribution in [0.2, 0.25) is 25.7 Å². The maximum absolute atomic E-state index is 11.8. The Morgan fingerprint density at radius 2 is 1.28 bits per heavy atom. The molecule has 0 aliphatic rings. The van der Waals surface area contributed by atoms with Crippen LogP contribution in [0.4, 0.5) is 0 Å². The van der Waals surface area contributed by atoms with Crippen molar-refractivity contribution in [3.8, 4) is 22.5 Å². The number of fused-ring (bicyclic) bond motifs is 6. The van der Waals surface area contributed by atoms with Crippen LogP contribution in [0.25, 0.3) is 56.1 Å². The molecule has 8 rings (SSSR count). The monoisotopic (exact) mass is 738 g/mol. The minimum absolute atomic E-state index is 0.0688. The zero-order valence-corrected chi connectivity index (χ0v) is 33.0. The standard InChI is InChI=1S/C24H30N4O2Si.C18H16N4O/c1-6-20-22(19-9-7-18(8-10-19)17(2)29)28(16-30-13-14-31(3,4)5)24-23(20)27-12-11-25-21(27)15-26-24;1-3-14-16(13-6-4-12(5-7-13)11(2)23)21-18-17(14)22-9-8-19-15(22)10-20-18/h7-12,15H,6,13-14,16H2,1-5H3;4-10,21H,3H2,1-2H3. The van der Waals surface area contributed by atoms with E-state index in [2.05, 4.69) is 66.8 Å². The van der Waals surface area contributed by atoms with Gasteiger partial charge >= 0.3 is 0 Å². The van der Waals surface area contributed by atoms with Crippen molar-refractivity contribution in [1.29, 1.82) is 0 Å². The zero-order valence-electron chi connectivity index (χ0n) is 32.0. The largest absolute Gasteiger partial charge is 0.361 e. The highest BCUT2D eigenvalue weighted by atomic mass is 28.3. The Kier molecular flexibility index (Phi) is 10.1. The number of nitrogens with zero attached hydrogens (tertiary/aromatic N) is 7. The summed E-state index contributed by atoms with van der Waals surface area (Å²) in [6.45, 7) is 15.7. The molecule has 276 valence electrons. The molecule has 12 heteroatoms. The first-order valence-corrected chi connectivity index (χ1v) is 22.2. The highest BCUT2D eigenvalue weighted by Gasteiger charge is 2.22. The summed E-state index contributed by atoms with van der Waals surface area (Å²) in [6.07, 6.45) is 12.8. The first-order valence-electron chi connectivity index (χ1n) is 18.4. The summed E-state index contributed by atoms with van der Waals surface area (Å²) >= 11 is 0. The van der Waals surface area contributed by atoms with Crippen LogP contribution >= 0.6 is 0 Å². The van der Waals surface area contributed by atoms with Crippen LogP contribution in [-0.4, -0.2) is 64.5 Å². The Balaban J connectivity index is 0.000000174. The number of H-pyrrole nitrogens is 1. The van der Waals surface area contributed by atoms with Gasteiger partial charge in [0.2, 0.25) is 0 Å². The number of benzene rings is 2. The number of aromatic amines is 1. The predicted molar refractivity (Wildman–Crippen MR) is 217 cm³/mol. The van der Waals surface area contributed by atoms with Crippen molar-refractivity contribution in [3.05, 3.63) is 108 Å². The molecule has 0 aliphatic carbocycles. The maximum Gasteiger partial charge on any atom is 0.159 e. The minimum Gasteiger partial charge on any atom is -0.361 e. The second-order valence-corrected chi connectivity index (χ2v) is 20.4. The first kappa shape index (κ1) is 36.6. The van der Waals surface area contributed by atoms with Crippen molar-refractivity contribution in [2.24, 2.45) is 0 Å². The molecular formula is C42H46N8O3Si. The molecule has 0 radical (unpaired) electrons. The molecular weight excluding hydrogens is 693 g/mol. The van der Waals surface area contributed by atoms with Crippen LogP contribution in [-0.2, 0) is 24.3 Å². The lowest BCUT2D eigenvalue weighted by molar-refractivity contribution is 0.0908. The average Bonchev–Trinajstić information content (AvgIpc) is 3.96. The number of rotatable bonds is 11. The number of carbonyl (C=O) groups is 2. The van der Waals surface area contributed by atoms with Crippen molar-refractivity contribution in [2.75, 3.05) is 6.61 Å². The third kappa shape index (κ3) is 7.02. The van der Waals surface area contributed by atoms with Crippen LogP contribution < -0.4 is 0 Å². The molecule has 0 amide bonds. The van der Waals surface area contributed by atoms with Gasteiger partial charge in [-0.25, -0.2) is 19.9 Å². The summed E-state index contributed by atoms with van der Waals surface area (Å²) in [5.74, 6) is 0.144. The molecule has 0 spiro atoms. The number of Topliss-reactive ketones (excluding diaryl/α,β-unsaturated/α-hetero) is 2. The summed E-state index contributed by atoms with van der Waals surface area (Å²) in [6, 6.07) is 16.6. The maximum atomic E-state index is 11.8. The van der Waals surface area contributed by atoms with E-state index in [1.165, 1.54) is 11.1 Å². The fraction of sp³-hybridized carbons (Fsp3) is 0.286. The number of imidazole rings is 2. The fourth-order valence-corrected chi connectivity index (χ4v) is 7.74. The number of hydrogen-bond donors (Lipinski definition) is 1. The van der Waals surface area contributed by atoms with Crippen molar-refractivity contribution >= 4 is 53.3 Å². The summed E-state index contributed by atoms with van der Waals surface area (Å²) in [7, 11) is -1.17. The first-order chi connectivity index (χ1) is 26.0. The van der Waals surface area contributed by atoms with E-state index in [1.807, 2.05) is 67.1 Å². The average molecular weight is 739 g/mol. The quantitative estimate of drug-likeness (QED) is 0.0798. The van der Waals surface area contributed by atoms with E-state index < -0.39 is 8.07 Å². The predicted octanol–water partition coefficient (Wildman–Crippen LogP) is 9.07. The summed E-state index contributed by atoms with van der Waals surface area (Å²) < 4.78 is 12.5. The molecule has 0 fully saturated rings. The molecule has 54 heavy (non-hydrogen) atoms. The van der Waals surface area contributed by atoms with E-state index in [0.717, 1.165) is 87.2 Å². The minimum atomic E-state index is -1.17. The van der Waals surface area contributed by atoms with Crippen LogP contribution in [0, 0.1) is 0 Å². The zero-order chi connectivity index (χ0) is 38.1. The van der Waals surface area contributed by atoms with Crippen LogP contribution in [0.1, 0.15) is 59.5 Å². The van der Waals surface area contributed by atoms with Crippen molar-refractivity contribution < 1.29 is 14.3 Å². The highest BCUT2D eigenvalue weighted by Crippen LogP contribution is 2.35. The fourth-order valence-electron chi connectivity index (χ4n) is 6.99. The van der Waals surface area contributed by atoms with Crippen molar-refractivity contribution in [3.63, 3.8) is 0 Å². The van der Waals surface area contributed by atoms with Gasteiger partial charge < -0.3 is 9.72 Å². The van der Waals surface area contributed by atoms with E-state index in [-0.39, 0.29) is 11.6 Å². The van der Waals surface area contributed by atoms with E-state index in [1.54, 1.807) is 32.4 Å². The molecule has 0 atom stereocenters. The topological polar surface area (TPSA) is 124 Å². The third-order valence-corrected chi connectivity index (χ3v) is 11.6. The van der Waals surface area contributed by atoms with Crippen molar-refractivity contribution in [2.45, 2.75) is 73.0 Å². The van der Waals surface area contributed by atoms with E-state index in [0.29, 0.717) is 12.3 Å².